The van der Waals surface area contributed by atoms with Crippen molar-refractivity contribution in [2.24, 2.45) is 0 Å². The molecule has 6 nitrogen and oxygen atoms in total. The number of hydrogen-bond acceptors (Lipinski definition) is 5. The van der Waals surface area contributed by atoms with Crippen LogP contribution in [0.1, 0.15) is 37.6 Å². The Morgan fingerprint density at radius 3 is 2.88 bits per heavy atom. The number of hydrogen-bond donors (Lipinski definition) is 1. The van der Waals surface area contributed by atoms with Gasteiger partial charge in [-0.15, -0.1) is 0 Å². The van der Waals surface area contributed by atoms with Crippen molar-refractivity contribution < 1.29 is 14.3 Å². The fourth-order valence-electron chi connectivity index (χ4n) is 2.86. The van der Waals surface area contributed by atoms with E-state index < -0.39 is 11.7 Å². The molecule has 3 unspecified atom stereocenters. The molecule has 1 aromatic heterocycles. The molecule has 1 N–H and O–H groups in total. The number of rotatable bonds is 5. The normalized spacial score (nSPS) is 24.9. The maximum Gasteiger partial charge on any atom is 0.172 e. The minimum absolute atomic E-state index is 0.0503. The van der Waals surface area contributed by atoms with Gasteiger partial charge in [-0.2, -0.15) is 5.10 Å². The number of aromatic nitrogens is 3. The van der Waals surface area contributed by atoms with Gasteiger partial charge in [-0.3, -0.25) is 9.89 Å². The number of ketones is 1. The number of Topliss-reactive ketones (excluding diaryl/α,β-unsaturated/α-hetero) is 1. The second kappa shape index (κ2) is 6.80. The van der Waals surface area contributed by atoms with E-state index in [0.717, 1.165) is 0 Å². The summed E-state index contributed by atoms with van der Waals surface area (Å²) in [5, 5.41) is 7.48. The number of ether oxygens (including phenoxy) is 2. The van der Waals surface area contributed by atoms with Gasteiger partial charge in [0.1, 0.15) is 18.1 Å². The Kier molecular flexibility index (Phi) is 4.92. The summed E-state index contributed by atoms with van der Waals surface area (Å²) in [5.74, 6) is -1.36. The first-order valence-electron chi connectivity index (χ1n) is 7.53. The Labute approximate surface area is 149 Å². The van der Waals surface area contributed by atoms with Crippen LogP contribution in [0.2, 0.25) is 10.0 Å². The molecule has 0 amide bonds. The number of carbonyl (C=O) groups is 1. The van der Waals surface area contributed by atoms with E-state index in [0.29, 0.717) is 28.0 Å². The molecule has 0 spiro atoms. The highest BCUT2D eigenvalue weighted by molar-refractivity contribution is 6.35. The maximum absolute atomic E-state index is 13.0. The Balaban J connectivity index is 1.92. The molecule has 1 saturated heterocycles. The van der Waals surface area contributed by atoms with E-state index in [-0.39, 0.29) is 18.3 Å². The van der Waals surface area contributed by atoms with Crippen molar-refractivity contribution in [2.45, 2.75) is 38.1 Å². The number of nitrogens with one attached hydrogen (secondary N) is 1. The molecule has 2 aromatic rings. The third-order valence-electron chi connectivity index (χ3n) is 3.87. The van der Waals surface area contributed by atoms with Crippen LogP contribution in [0.5, 0.6) is 0 Å². The van der Waals surface area contributed by atoms with Crippen LogP contribution in [-0.2, 0) is 14.3 Å². The summed E-state index contributed by atoms with van der Waals surface area (Å²) in [6.45, 7) is 4.12. The van der Waals surface area contributed by atoms with E-state index in [1.807, 2.05) is 6.92 Å². The van der Waals surface area contributed by atoms with Crippen LogP contribution in [0.25, 0.3) is 0 Å². The molecule has 1 aliphatic heterocycles. The highest BCUT2D eigenvalue weighted by atomic mass is 35.5. The summed E-state index contributed by atoms with van der Waals surface area (Å²) in [6, 6.07) is 5.00. The number of nitrogens with zero attached hydrogens (tertiary/aromatic N) is 2. The summed E-state index contributed by atoms with van der Waals surface area (Å²) in [4.78, 5) is 17.1. The monoisotopic (exact) mass is 369 g/mol. The SMILES string of the molecule is CC1COC(C)(CC(=O)C(c2ncn[nH]2)c2ccc(Cl)cc2Cl)O1. The van der Waals surface area contributed by atoms with E-state index in [4.69, 9.17) is 32.7 Å². The van der Waals surface area contributed by atoms with Gasteiger partial charge in [0.2, 0.25) is 0 Å². The molecule has 0 aliphatic carbocycles. The summed E-state index contributed by atoms with van der Waals surface area (Å²) in [7, 11) is 0. The molecule has 1 aliphatic rings. The first-order valence-corrected chi connectivity index (χ1v) is 8.28. The van der Waals surface area contributed by atoms with Crippen LogP contribution in [0, 0.1) is 0 Å². The van der Waals surface area contributed by atoms with Crippen molar-refractivity contribution in [1.29, 1.82) is 0 Å². The second-order valence-corrected chi connectivity index (χ2v) is 6.83. The molecule has 0 bridgehead atoms. The molecular formula is C16H17Cl2N3O3. The molecule has 3 rings (SSSR count). The highest BCUT2D eigenvalue weighted by Gasteiger charge is 2.40. The van der Waals surface area contributed by atoms with Crippen LogP contribution >= 0.6 is 23.2 Å². The van der Waals surface area contributed by atoms with E-state index in [9.17, 15) is 4.79 Å². The lowest BCUT2D eigenvalue weighted by molar-refractivity contribution is -0.165. The van der Waals surface area contributed by atoms with E-state index >= 15 is 0 Å². The van der Waals surface area contributed by atoms with Crippen LogP contribution in [-0.4, -0.2) is 39.5 Å². The van der Waals surface area contributed by atoms with E-state index in [2.05, 4.69) is 15.2 Å². The van der Waals surface area contributed by atoms with Gasteiger partial charge < -0.3 is 9.47 Å². The fourth-order valence-corrected chi connectivity index (χ4v) is 3.38. The lowest BCUT2D eigenvalue weighted by atomic mass is 9.90. The predicted molar refractivity (Wildman–Crippen MR) is 89.2 cm³/mol. The molecule has 24 heavy (non-hydrogen) atoms. The van der Waals surface area contributed by atoms with Gasteiger partial charge in [0.05, 0.1) is 19.1 Å². The number of aromatic amines is 1. The molecule has 0 radical (unpaired) electrons. The summed E-state index contributed by atoms with van der Waals surface area (Å²) < 4.78 is 11.4. The van der Waals surface area contributed by atoms with Gasteiger partial charge >= 0.3 is 0 Å². The standard InChI is InChI=1S/C16H17Cl2N3O3/c1-9-7-23-16(2,24-9)6-13(22)14(15-19-8-20-21-15)11-4-3-10(17)5-12(11)18/h3-5,8-9,14H,6-7H2,1-2H3,(H,19,20,21). The number of benzene rings is 1. The van der Waals surface area contributed by atoms with Crippen molar-refractivity contribution >= 4 is 29.0 Å². The zero-order valence-electron chi connectivity index (χ0n) is 13.3. The van der Waals surface area contributed by atoms with Crippen LogP contribution in [0.3, 0.4) is 0 Å². The smallest absolute Gasteiger partial charge is 0.172 e. The zero-order valence-corrected chi connectivity index (χ0v) is 14.8. The highest BCUT2D eigenvalue weighted by Crippen LogP contribution is 2.35. The molecular weight excluding hydrogens is 353 g/mol. The van der Waals surface area contributed by atoms with Crippen molar-refractivity contribution in [2.75, 3.05) is 6.61 Å². The topological polar surface area (TPSA) is 77.1 Å². The van der Waals surface area contributed by atoms with Crippen LogP contribution in [0.4, 0.5) is 0 Å². The van der Waals surface area contributed by atoms with Gasteiger partial charge in [0.15, 0.2) is 11.6 Å². The van der Waals surface area contributed by atoms with Crippen molar-refractivity contribution in [1.82, 2.24) is 15.2 Å². The largest absolute Gasteiger partial charge is 0.347 e. The molecule has 3 atom stereocenters. The third kappa shape index (κ3) is 3.62. The lowest BCUT2D eigenvalue weighted by Gasteiger charge is -2.24. The minimum atomic E-state index is -0.951. The molecule has 1 fully saturated rings. The van der Waals surface area contributed by atoms with Crippen LogP contribution in [0.15, 0.2) is 24.5 Å². The maximum atomic E-state index is 13.0. The zero-order chi connectivity index (χ0) is 17.3. The van der Waals surface area contributed by atoms with Gasteiger partial charge in [-0.05, 0) is 31.5 Å². The van der Waals surface area contributed by atoms with Gasteiger partial charge in [-0.25, -0.2) is 4.98 Å². The quantitative estimate of drug-likeness (QED) is 0.874. The fraction of sp³-hybridized carbons (Fsp3) is 0.438. The summed E-state index contributed by atoms with van der Waals surface area (Å²) >= 11 is 12.3. The summed E-state index contributed by atoms with van der Waals surface area (Å²) in [6.07, 6.45) is 1.37. The number of H-pyrrole nitrogens is 1. The Morgan fingerprint density at radius 2 is 2.29 bits per heavy atom. The van der Waals surface area contributed by atoms with E-state index in [1.165, 1.54) is 6.33 Å². The van der Waals surface area contributed by atoms with Crippen molar-refractivity contribution in [3.05, 3.63) is 46.0 Å². The molecule has 128 valence electrons. The Bertz CT molecular complexity index is 738. The van der Waals surface area contributed by atoms with Gasteiger partial charge in [-0.1, -0.05) is 29.3 Å². The summed E-state index contributed by atoms with van der Waals surface area (Å²) in [5.41, 5.74) is 0.609. The first-order chi connectivity index (χ1) is 11.4. The molecule has 1 aromatic carbocycles. The second-order valence-electron chi connectivity index (χ2n) is 5.99. The Hall–Kier alpha value is -1.47. The minimum Gasteiger partial charge on any atom is -0.347 e. The van der Waals surface area contributed by atoms with Gasteiger partial charge in [0, 0.05) is 10.0 Å². The average Bonchev–Trinajstić information content (AvgIpc) is 3.12. The molecule has 2 heterocycles. The number of halogens is 2. The van der Waals surface area contributed by atoms with Crippen molar-refractivity contribution in [3.8, 4) is 0 Å². The lowest BCUT2D eigenvalue weighted by Crippen LogP contribution is -2.32. The molecule has 8 heteroatoms. The average molecular weight is 370 g/mol. The Morgan fingerprint density at radius 1 is 1.50 bits per heavy atom. The van der Waals surface area contributed by atoms with Crippen LogP contribution < -0.4 is 0 Å². The molecule has 0 saturated carbocycles. The van der Waals surface area contributed by atoms with Crippen molar-refractivity contribution in [3.63, 3.8) is 0 Å². The first kappa shape index (κ1) is 17.4. The van der Waals surface area contributed by atoms with E-state index in [1.54, 1.807) is 25.1 Å². The van der Waals surface area contributed by atoms with Gasteiger partial charge in [0.25, 0.3) is 0 Å². The number of carbonyl (C=O) groups excluding carboxylic acids is 1. The predicted octanol–water partition coefficient (Wildman–Crippen LogP) is 3.35. The third-order valence-corrected chi connectivity index (χ3v) is 4.43.